The van der Waals surface area contributed by atoms with E-state index >= 15 is 0 Å². The second kappa shape index (κ2) is 43.0. The highest BCUT2D eigenvalue weighted by molar-refractivity contribution is 9.10. The number of halogens is 7. The summed E-state index contributed by atoms with van der Waals surface area (Å²) in [5.41, 5.74) is 12.0. The molecule has 0 saturated carbocycles. The number of carboxylic acids is 2. The zero-order chi connectivity index (χ0) is 77.6. The average molecular weight is 1750 g/mol. The number of carbonyl (C=O) groups excluding carboxylic acids is 3. The molecule has 17 rings (SSSR count). The van der Waals surface area contributed by atoms with E-state index in [-0.39, 0.29) is 43.2 Å². The molecule has 0 radical (unpaired) electrons. The lowest BCUT2D eigenvalue weighted by Gasteiger charge is -2.39. The van der Waals surface area contributed by atoms with Crippen molar-refractivity contribution in [1.29, 1.82) is 0 Å². The third-order valence-corrected chi connectivity index (χ3v) is 23.5. The molecule has 0 aromatic heterocycles. The van der Waals surface area contributed by atoms with Crippen molar-refractivity contribution < 1.29 is 48.4 Å². The summed E-state index contributed by atoms with van der Waals surface area (Å²) >= 11 is 35.7. The summed E-state index contributed by atoms with van der Waals surface area (Å²) in [6.45, 7) is 15.1. The first-order valence-corrected chi connectivity index (χ1v) is 40.7. The first kappa shape index (κ1) is 88.8. The molecule has 15 nitrogen and oxygen atoms in total. The summed E-state index contributed by atoms with van der Waals surface area (Å²) < 4.78 is 19.1. The molecule has 8 aliphatic rings. The van der Waals surface area contributed by atoms with Gasteiger partial charge >= 0.3 is 17.9 Å². The number of carboxylic acid groups (broad SMARTS) is 2. The minimum Gasteiger partial charge on any atom is -0.478 e. The molecule has 5 saturated heterocycles. The molecule has 112 heavy (non-hydrogen) atoms. The molecule has 5 fully saturated rings. The number of fused-ring (bicyclic) bond motifs is 6. The van der Waals surface area contributed by atoms with Crippen LogP contribution in [0.1, 0.15) is 160 Å². The lowest BCUT2D eigenvalue weighted by Crippen LogP contribution is -2.42. The minimum atomic E-state index is -0.987. The Labute approximate surface area is 701 Å². The largest absolute Gasteiger partial charge is 0.478 e. The molecule has 8 aliphatic heterocycles. The van der Waals surface area contributed by atoms with Crippen LogP contribution in [0, 0.1) is 0 Å². The van der Waals surface area contributed by atoms with Crippen LogP contribution in [0.2, 0.25) is 25.1 Å². The van der Waals surface area contributed by atoms with Gasteiger partial charge in [0.25, 0.3) is 0 Å². The molecule has 22 heteroatoms. The van der Waals surface area contributed by atoms with Gasteiger partial charge in [-0.05, 0) is 194 Å². The van der Waals surface area contributed by atoms with Crippen LogP contribution in [0.5, 0.6) is 0 Å². The number of hydrogen-bond donors (Lipinski definition) is 3. The lowest BCUT2D eigenvalue weighted by molar-refractivity contribution is -0.122. The van der Waals surface area contributed by atoms with Crippen LogP contribution < -0.4 is 5.32 Å². The molecule has 3 spiro atoms. The zero-order valence-electron chi connectivity index (χ0n) is 61.2. The van der Waals surface area contributed by atoms with E-state index in [1.54, 1.807) is 30.3 Å². The fourth-order valence-electron chi connectivity index (χ4n) is 14.9. The predicted octanol–water partition coefficient (Wildman–Crippen LogP) is 21.4. The van der Waals surface area contributed by atoms with Crippen LogP contribution in [0.25, 0.3) is 0 Å². The van der Waals surface area contributed by atoms with Crippen LogP contribution in [-0.4, -0.2) is 125 Å². The van der Waals surface area contributed by atoms with Crippen LogP contribution in [-0.2, 0) is 80.0 Å². The Balaban J connectivity index is 0.000000152. The maximum Gasteiger partial charge on any atom is 0.339 e. The maximum atomic E-state index is 12.1. The summed E-state index contributed by atoms with van der Waals surface area (Å²) in [6, 6.07) is 68.9. The Morgan fingerprint density at radius 1 is 0.384 bits per heavy atom. The summed E-state index contributed by atoms with van der Waals surface area (Å²) in [6.07, 6.45) is 8.76. The molecule has 8 heterocycles. The number of Topliss-reactive ketones (excluding diaryl/α,β-unsaturated/α-hetero) is 2. The highest BCUT2D eigenvalue weighted by Crippen LogP contribution is 2.48. The molecule has 3 N–H and O–H groups in total. The SMILES string of the molecule is C.C.Clc1ccc2c(c1)C1(CCN(Cc3ccccc3)CC1)OC2.Clc1ccc2c(c1)C1(CCNCC1)OC2.O=C(O)c1cc(Cl)ccc1Br.O=C(O)c1ccc(Cl)cc1Br.O=C1CCN(Cc2ccccc2)CC1.O=C1CCN(Cc2ccccc2)CC1.O=C1OC2(CCN(Cc3ccccc3)CC2)c2cc(Cl)ccc21. The molecule has 9 aromatic rings. The van der Waals surface area contributed by atoms with E-state index in [4.69, 9.17) is 82.4 Å². The number of rotatable bonds is 10. The van der Waals surface area contributed by atoms with Gasteiger partial charge in [0.15, 0.2) is 0 Å². The van der Waals surface area contributed by atoms with Crippen LogP contribution in [0.3, 0.4) is 0 Å². The maximum absolute atomic E-state index is 12.1. The van der Waals surface area contributed by atoms with Gasteiger partial charge in [0.2, 0.25) is 0 Å². The van der Waals surface area contributed by atoms with E-state index in [0.717, 1.165) is 185 Å². The quantitative estimate of drug-likeness (QED) is 0.110. The van der Waals surface area contributed by atoms with Crippen molar-refractivity contribution in [2.75, 3.05) is 65.4 Å². The number of piperidine rings is 5. The summed E-state index contributed by atoms with van der Waals surface area (Å²) in [5, 5.41) is 23.8. The van der Waals surface area contributed by atoms with Crippen molar-refractivity contribution in [3.63, 3.8) is 0 Å². The Kier molecular flexibility index (Phi) is 34.1. The third kappa shape index (κ3) is 24.9. The number of likely N-dealkylation sites (tertiary alicyclic amines) is 4. The van der Waals surface area contributed by atoms with Crippen molar-refractivity contribution in [3.8, 4) is 0 Å². The van der Waals surface area contributed by atoms with Crippen molar-refractivity contribution in [3.05, 3.63) is 313 Å². The number of benzene rings is 9. The number of ether oxygens (including phenoxy) is 3. The normalized spacial score (nSPS) is 17.6. The summed E-state index contributed by atoms with van der Waals surface area (Å²) in [7, 11) is 0. The van der Waals surface area contributed by atoms with Crippen molar-refractivity contribution in [1.82, 2.24) is 24.9 Å². The smallest absolute Gasteiger partial charge is 0.339 e. The summed E-state index contributed by atoms with van der Waals surface area (Å²) in [5.74, 6) is -1.34. The molecular formula is C90H98Br2Cl5N5O10. The first-order valence-electron chi connectivity index (χ1n) is 37.2. The van der Waals surface area contributed by atoms with Gasteiger partial charge < -0.3 is 29.7 Å². The van der Waals surface area contributed by atoms with Gasteiger partial charge in [-0.25, -0.2) is 14.4 Å². The Hall–Kier alpha value is -7.14. The third-order valence-electron chi connectivity index (χ3n) is 21.0. The van der Waals surface area contributed by atoms with Gasteiger partial charge in [0, 0.05) is 157 Å². The van der Waals surface area contributed by atoms with E-state index < -0.39 is 17.5 Å². The van der Waals surface area contributed by atoms with Crippen molar-refractivity contribution in [2.45, 2.75) is 135 Å². The van der Waals surface area contributed by atoms with Crippen molar-refractivity contribution >= 4 is 119 Å². The molecule has 0 atom stereocenters. The predicted molar refractivity (Wildman–Crippen MR) is 456 cm³/mol. The monoisotopic (exact) mass is 1740 g/mol. The molecule has 0 unspecified atom stereocenters. The molecule has 0 amide bonds. The van der Waals surface area contributed by atoms with E-state index in [0.29, 0.717) is 41.1 Å². The highest BCUT2D eigenvalue weighted by Gasteiger charge is 2.48. The summed E-state index contributed by atoms with van der Waals surface area (Å²) in [4.78, 5) is 64.8. The Bertz CT molecular complexity index is 4500. The van der Waals surface area contributed by atoms with Crippen LogP contribution in [0.15, 0.2) is 221 Å². The topological polar surface area (TPSA) is 178 Å². The minimum absolute atomic E-state index is 0. The number of nitrogens with zero attached hydrogens (tertiary/aromatic N) is 4. The average Bonchev–Trinajstić information content (AvgIpc) is 1.60. The number of aromatic carboxylic acids is 2. The fraction of sp³-hybridized carbons (Fsp3) is 0.344. The number of esters is 1. The standard InChI is InChI=1S/C19H18ClNO2.C19H20ClNO.C12H14ClNO.2C12H15NO.2C7H4BrClO2.2CH4/c20-15-6-7-16-17(12-15)19(23-18(16)22)8-10-21(11-9-19)13-14-4-2-1-3-5-14;20-17-7-6-16-14-22-19(18(16)12-17)8-10-21(11-9-19)13-15-4-2-1-3-5-15;13-10-2-1-9-8-15-12(11(9)7-10)3-5-14-6-4-12;2*14-12-6-8-13(9-7-12)10-11-4-2-1-3-5-11;8-6-2-1-4(9)3-5(6)7(10)11;8-6-3-4(9)1-2-5(6)7(10)11;;/h1-7,12H,8-11,13H2;1-7,12H,8-11,13-14H2;1-2,7,14H,3-6,8H2;2*1-5H,6-10H2;2*1-3H,(H,10,11);2*1H4. The van der Waals surface area contributed by atoms with Crippen molar-refractivity contribution in [2.24, 2.45) is 0 Å². The van der Waals surface area contributed by atoms with E-state index in [2.05, 4.69) is 184 Å². The first-order chi connectivity index (χ1) is 53.1. The Morgan fingerprint density at radius 2 is 0.723 bits per heavy atom. The number of ketones is 2. The zero-order valence-corrected chi connectivity index (χ0v) is 68.1. The number of carbonyl (C=O) groups is 5. The van der Waals surface area contributed by atoms with Gasteiger partial charge in [-0.3, -0.25) is 29.2 Å². The number of nitrogens with one attached hydrogen (secondary N) is 1. The molecule has 0 bridgehead atoms. The second-order valence-electron chi connectivity index (χ2n) is 28.5. The van der Waals surface area contributed by atoms with Gasteiger partial charge in [0.1, 0.15) is 17.2 Å². The fourth-order valence-corrected chi connectivity index (χ4v) is 16.9. The van der Waals surface area contributed by atoms with E-state index in [9.17, 15) is 24.0 Å². The van der Waals surface area contributed by atoms with Gasteiger partial charge in [0.05, 0.1) is 41.1 Å². The molecule has 9 aromatic carbocycles. The number of hydrogen-bond acceptors (Lipinski definition) is 13. The second-order valence-corrected chi connectivity index (χ2v) is 32.4. The van der Waals surface area contributed by atoms with Crippen LogP contribution >= 0.6 is 89.9 Å². The van der Waals surface area contributed by atoms with Gasteiger partial charge in [-0.2, -0.15) is 0 Å². The molecular weight excluding hydrogens is 1650 g/mol. The van der Waals surface area contributed by atoms with Crippen LogP contribution in [0.4, 0.5) is 0 Å². The van der Waals surface area contributed by atoms with E-state index in [1.807, 2.05) is 36.4 Å². The molecule has 0 aliphatic carbocycles. The van der Waals surface area contributed by atoms with E-state index in [1.165, 1.54) is 62.7 Å². The van der Waals surface area contributed by atoms with Gasteiger partial charge in [-0.15, -0.1) is 0 Å². The van der Waals surface area contributed by atoms with Gasteiger partial charge in [-0.1, -0.05) is 206 Å². The molecule has 592 valence electrons. The Morgan fingerprint density at radius 3 is 1.12 bits per heavy atom. The lowest BCUT2D eigenvalue weighted by atomic mass is 9.83. The highest BCUT2D eigenvalue weighted by atomic mass is 79.9.